The molecule has 1 aromatic carbocycles. The smallest absolute Gasteiger partial charge is 0.160 e. The largest absolute Gasteiger partial charge is 0.323 e. The zero-order valence-corrected chi connectivity index (χ0v) is 9.82. The van der Waals surface area contributed by atoms with Gasteiger partial charge in [-0.3, -0.25) is 4.99 Å². The van der Waals surface area contributed by atoms with E-state index in [0.29, 0.717) is 11.4 Å². The van der Waals surface area contributed by atoms with Crippen LogP contribution < -0.4 is 5.84 Å². The first-order valence-electron chi connectivity index (χ1n) is 5.35. The molecular formula is C12H15F2N3. The quantitative estimate of drug-likeness (QED) is 0.490. The number of hydrogen-bond donors (Lipinski definition) is 1. The molecule has 1 atom stereocenters. The van der Waals surface area contributed by atoms with Gasteiger partial charge in [-0.05, 0) is 18.6 Å². The maximum Gasteiger partial charge on any atom is 0.160 e. The van der Waals surface area contributed by atoms with Gasteiger partial charge in [0.2, 0.25) is 0 Å². The van der Waals surface area contributed by atoms with Gasteiger partial charge in [0.1, 0.15) is 0 Å². The molecule has 0 bridgehead atoms. The van der Waals surface area contributed by atoms with E-state index in [9.17, 15) is 8.78 Å². The van der Waals surface area contributed by atoms with Crippen molar-refractivity contribution in [3.8, 4) is 0 Å². The van der Waals surface area contributed by atoms with Crippen LogP contribution in [0.1, 0.15) is 20.3 Å². The summed E-state index contributed by atoms with van der Waals surface area (Å²) in [6.45, 7) is 3.96. The summed E-state index contributed by atoms with van der Waals surface area (Å²) in [5.74, 6) is 3.59. The normalized spacial score (nSPS) is 14.2. The lowest BCUT2D eigenvalue weighted by Gasteiger charge is -2.06. The van der Waals surface area contributed by atoms with E-state index in [1.807, 2.05) is 13.8 Å². The van der Waals surface area contributed by atoms with Gasteiger partial charge in [-0.2, -0.15) is 5.10 Å². The molecule has 1 aromatic rings. The van der Waals surface area contributed by atoms with E-state index in [4.69, 9.17) is 5.84 Å². The van der Waals surface area contributed by atoms with Crippen molar-refractivity contribution in [2.75, 3.05) is 0 Å². The molecule has 5 heteroatoms. The third-order valence-electron chi connectivity index (χ3n) is 2.52. The zero-order valence-electron chi connectivity index (χ0n) is 9.82. The highest BCUT2D eigenvalue weighted by molar-refractivity contribution is 6.31. The Balaban J connectivity index is 2.86. The lowest BCUT2D eigenvalue weighted by molar-refractivity contribution is 0.509. The number of aliphatic imine (C=N–C) groups is 1. The molecule has 0 aliphatic heterocycles. The van der Waals surface area contributed by atoms with Crippen LogP contribution in [0.15, 0.2) is 28.3 Å². The molecule has 0 aromatic heterocycles. The second-order valence-electron chi connectivity index (χ2n) is 3.72. The number of hydrazone groups is 1. The van der Waals surface area contributed by atoms with Crippen molar-refractivity contribution in [1.29, 1.82) is 0 Å². The van der Waals surface area contributed by atoms with Gasteiger partial charge in [-0.1, -0.05) is 13.8 Å². The Bertz CT molecular complexity index is 441. The monoisotopic (exact) mass is 239 g/mol. The van der Waals surface area contributed by atoms with E-state index in [1.54, 1.807) is 0 Å². The minimum absolute atomic E-state index is 0.175. The highest BCUT2D eigenvalue weighted by Gasteiger charge is 2.06. The van der Waals surface area contributed by atoms with Gasteiger partial charge >= 0.3 is 0 Å². The summed E-state index contributed by atoms with van der Waals surface area (Å²) in [5.41, 5.74) is 0.950. The molecule has 0 radical (unpaired) electrons. The summed E-state index contributed by atoms with van der Waals surface area (Å²) in [6, 6.07) is 3.45. The molecular weight excluding hydrogens is 224 g/mol. The molecule has 0 spiro atoms. The molecule has 1 rings (SSSR count). The van der Waals surface area contributed by atoms with Crippen molar-refractivity contribution in [1.82, 2.24) is 0 Å². The first kappa shape index (κ1) is 13.3. The standard InChI is InChI=1S/C12H15F2N3/c1-3-8(2)12(17-15)7-16-9-4-5-10(13)11(14)6-9/h4-8H,3,15H2,1-2H3/t8-/m1/s1. The average Bonchev–Trinajstić information content (AvgIpc) is 2.33. The summed E-state index contributed by atoms with van der Waals surface area (Å²) in [5, 5.41) is 3.61. The van der Waals surface area contributed by atoms with Gasteiger partial charge < -0.3 is 5.84 Å². The van der Waals surface area contributed by atoms with E-state index in [1.165, 1.54) is 12.3 Å². The summed E-state index contributed by atoms with van der Waals surface area (Å²) in [4.78, 5) is 4.01. The first-order valence-corrected chi connectivity index (χ1v) is 5.35. The molecule has 92 valence electrons. The third-order valence-corrected chi connectivity index (χ3v) is 2.52. The third kappa shape index (κ3) is 3.62. The first-order chi connectivity index (χ1) is 8.08. The van der Waals surface area contributed by atoms with Crippen molar-refractivity contribution >= 4 is 17.6 Å². The maximum absolute atomic E-state index is 12.9. The Morgan fingerprint density at radius 1 is 1.41 bits per heavy atom. The lowest BCUT2D eigenvalue weighted by atomic mass is 10.0. The Labute approximate surface area is 99.1 Å². The van der Waals surface area contributed by atoms with Gasteiger partial charge in [0, 0.05) is 12.0 Å². The maximum atomic E-state index is 12.9. The van der Waals surface area contributed by atoms with E-state index >= 15 is 0 Å². The number of rotatable bonds is 4. The van der Waals surface area contributed by atoms with Gasteiger partial charge in [0.05, 0.1) is 17.6 Å². The van der Waals surface area contributed by atoms with Gasteiger partial charge in [0.25, 0.3) is 0 Å². The van der Waals surface area contributed by atoms with Crippen molar-refractivity contribution in [2.24, 2.45) is 21.9 Å². The molecule has 0 saturated carbocycles. The van der Waals surface area contributed by atoms with Gasteiger partial charge in [0.15, 0.2) is 11.6 Å². The zero-order chi connectivity index (χ0) is 12.8. The SMILES string of the molecule is CC[C@@H](C)C(C=Nc1ccc(F)c(F)c1)=NN. The second-order valence-corrected chi connectivity index (χ2v) is 3.72. The predicted octanol–water partition coefficient (Wildman–Crippen LogP) is 3.03. The Morgan fingerprint density at radius 2 is 2.12 bits per heavy atom. The van der Waals surface area contributed by atoms with Crippen LogP contribution in [-0.4, -0.2) is 11.9 Å². The summed E-state index contributed by atoms with van der Waals surface area (Å²) >= 11 is 0. The number of halogens is 2. The van der Waals surface area contributed by atoms with Crippen LogP contribution in [0.2, 0.25) is 0 Å². The Kier molecular flexibility index (Phi) is 4.75. The van der Waals surface area contributed by atoms with Crippen LogP contribution in [0.4, 0.5) is 14.5 Å². The fourth-order valence-electron chi connectivity index (χ4n) is 1.20. The fraction of sp³-hybridized carbons (Fsp3) is 0.333. The van der Waals surface area contributed by atoms with Crippen LogP contribution in [0, 0.1) is 17.6 Å². The number of nitrogens with zero attached hydrogens (tertiary/aromatic N) is 2. The van der Waals surface area contributed by atoms with E-state index in [2.05, 4.69) is 10.1 Å². The van der Waals surface area contributed by atoms with Crippen LogP contribution in [0.3, 0.4) is 0 Å². The molecule has 0 aliphatic carbocycles. The van der Waals surface area contributed by atoms with Crippen molar-refractivity contribution < 1.29 is 8.78 Å². The molecule has 0 unspecified atom stereocenters. The van der Waals surface area contributed by atoms with E-state index in [-0.39, 0.29) is 5.92 Å². The molecule has 0 saturated heterocycles. The van der Waals surface area contributed by atoms with Crippen LogP contribution in [-0.2, 0) is 0 Å². The predicted molar refractivity (Wildman–Crippen MR) is 65.6 cm³/mol. The molecule has 3 nitrogen and oxygen atoms in total. The minimum Gasteiger partial charge on any atom is -0.323 e. The highest BCUT2D eigenvalue weighted by Crippen LogP contribution is 2.16. The van der Waals surface area contributed by atoms with E-state index in [0.717, 1.165) is 18.6 Å². The lowest BCUT2D eigenvalue weighted by Crippen LogP contribution is -2.13. The fourth-order valence-corrected chi connectivity index (χ4v) is 1.20. The van der Waals surface area contributed by atoms with Crippen molar-refractivity contribution in [3.63, 3.8) is 0 Å². The Morgan fingerprint density at radius 3 is 2.65 bits per heavy atom. The Hall–Kier alpha value is -1.78. The average molecular weight is 239 g/mol. The summed E-state index contributed by atoms with van der Waals surface area (Å²) in [6.07, 6.45) is 2.35. The molecule has 0 heterocycles. The summed E-state index contributed by atoms with van der Waals surface area (Å²) in [7, 11) is 0. The number of benzene rings is 1. The van der Waals surface area contributed by atoms with Gasteiger partial charge in [-0.15, -0.1) is 0 Å². The van der Waals surface area contributed by atoms with Crippen molar-refractivity contribution in [2.45, 2.75) is 20.3 Å². The van der Waals surface area contributed by atoms with Crippen LogP contribution in [0.25, 0.3) is 0 Å². The molecule has 0 aliphatic rings. The molecule has 0 fully saturated rings. The summed E-state index contributed by atoms with van der Waals surface area (Å²) < 4.78 is 25.6. The minimum atomic E-state index is -0.922. The molecule has 17 heavy (non-hydrogen) atoms. The topological polar surface area (TPSA) is 50.7 Å². The number of nitrogens with two attached hydrogens (primary N) is 1. The second kappa shape index (κ2) is 6.08. The molecule has 2 N–H and O–H groups in total. The highest BCUT2D eigenvalue weighted by atomic mass is 19.2. The van der Waals surface area contributed by atoms with Gasteiger partial charge in [-0.25, -0.2) is 8.78 Å². The number of hydrogen-bond acceptors (Lipinski definition) is 3. The van der Waals surface area contributed by atoms with Crippen molar-refractivity contribution in [3.05, 3.63) is 29.8 Å². The van der Waals surface area contributed by atoms with Crippen LogP contribution >= 0.6 is 0 Å². The van der Waals surface area contributed by atoms with E-state index < -0.39 is 11.6 Å². The van der Waals surface area contributed by atoms with Crippen LogP contribution in [0.5, 0.6) is 0 Å². The molecule has 0 amide bonds.